The van der Waals surface area contributed by atoms with E-state index < -0.39 is 0 Å². The molecule has 0 amide bonds. The van der Waals surface area contributed by atoms with Gasteiger partial charge in [0.15, 0.2) is 5.11 Å². The van der Waals surface area contributed by atoms with Crippen LogP contribution in [0, 0.1) is 5.92 Å². The molecule has 1 unspecified atom stereocenters. The van der Waals surface area contributed by atoms with Gasteiger partial charge in [-0.1, -0.05) is 25.1 Å². The fraction of sp³-hybridized carbons (Fsp3) is 0.500. The van der Waals surface area contributed by atoms with Gasteiger partial charge in [0.2, 0.25) is 0 Å². The molecule has 28 heavy (non-hydrogen) atoms. The van der Waals surface area contributed by atoms with E-state index in [1.807, 2.05) is 24.3 Å². The first-order valence-corrected chi connectivity index (χ1v) is 11.4. The topological polar surface area (TPSA) is 27.7 Å². The molecule has 1 atom stereocenters. The molecule has 0 aliphatic carbocycles. The number of piperidine rings is 1. The molecule has 1 fully saturated rings. The van der Waals surface area contributed by atoms with E-state index in [0.717, 1.165) is 48.5 Å². The summed E-state index contributed by atoms with van der Waals surface area (Å²) in [6.45, 7) is 7.76. The van der Waals surface area contributed by atoms with Crippen molar-refractivity contribution in [3.05, 3.63) is 46.7 Å². The molecule has 1 aromatic carbocycles. The van der Waals surface area contributed by atoms with Crippen LogP contribution in [-0.2, 0) is 6.54 Å². The first-order valence-electron chi connectivity index (χ1n) is 10.1. The Labute approximate surface area is 178 Å². The Kier molecular flexibility index (Phi) is 8.13. The average molecular weight is 418 g/mol. The Bertz CT molecular complexity index is 735. The standard InChI is InChI=1S/C22H31N3OS2/c1-18-8-5-12-24(16-18)13-7-14-25(17-19-9-6-15-28-19)22(27)23-20-10-3-4-11-21(20)26-2/h3-4,6,9-11,15,18H,5,7-8,12-14,16-17H2,1-2H3,(H,23,27). The van der Waals surface area contributed by atoms with Gasteiger partial charge in [-0.05, 0) is 74.1 Å². The number of methoxy groups -OCH3 is 1. The summed E-state index contributed by atoms with van der Waals surface area (Å²) < 4.78 is 5.46. The number of thiocarbonyl (C=S) groups is 1. The third-order valence-electron chi connectivity index (χ3n) is 5.21. The normalized spacial score (nSPS) is 17.3. The Morgan fingerprint density at radius 2 is 2.18 bits per heavy atom. The number of nitrogens with one attached hydrogen (secondary N) is 1. The molecule has 2 heterocycles. The Morgan fingerprint density at radius 1 is 1.32 bits per heavy atom. The van der Waals surface area contributed by atoms with Crippen LogP contribution in [0.4, 0.5) is 5.69 Å². The highest BCUT2D eigenvalue weighted by Gasteiger charge is 2.17. The third-order valence-corrected chi connectivity index (χ3v) is 6.43. The van der Waals surface area contributed by atoms with Gasteiger partial charge in [0.05, 0.1) is 19.3 Å². The lowest BCUT2D eigenvalue weighted by Gasteiger charge is -2.32. The summed E-state index contributed by atoms with van der Waals surface area (Å²) in [6, 6.07) is 12.2. The minimum Gasteiger partial charge on any atom is -0.495 e. The zero-order chi connectivity index (χ0) is 19.8. The predicted octanol–water partition coefficient (Wildman–Crippen LogP) is 5.08. The summed E-state index contributed by atoms with van der Waals surface area (Å²) in [5, 5.41) is 6.27. The van der Waals surface area contributed by atoms with Crippen molar-refractivity contribution < 1.29 is 4.74 Å². The van der Waals surface area contributed by atoms with Crippen molar-refractivity contribution in [2.24, 2.45) is 5.92 Å². The summed E-state index contributed by atoms with van der Waals surface area (Å²) in [4.78, 5) is 6.21. The summed E-state index contributed by atoms with van der Waals surface area (Å²) >= 11 is 7.56. The van der Waals surface area contributed by atoms with Crippen LogP contribution in [0.15, 0.2) is 41.8 Å². The second kappa shape index (κ2) is 10.8. The van der Waals surface area contributed by atoms with Gasteiger partial charge in [-0.3, -0.25) is 0 Å². The minimum absolute atomic E-state index is 0.755. The predicted molar refractivity (Wildman–Crippen MR) is 123 cm³/mol. The Balaban J connectivity index is 1.60. The summed E-state index contributed by atoms with van der Waals surface area (Å²) in [6.07, 6.45) is 3.81. The van der Waals surface area contributed by atoms with Crippen molar-refractivity contribution in [3.63, 3.8) is 0 Å². The molecule has 2 aromatic rings. The van der Waals surface area contributed by atoms with Crippen LogP contribution in [0.5, 0.6) is 5.75 Å². The van der Waals surface area contributed by atoms with Crippen LogP contribution < -0.4 is 10.1 Å². The first-order chi connectivity index (χ1) is 13.7. The molecule has 3 rings (SSSR count). The van der Waals surface area contributed by atoms with Crippen molar-refractivity contribution in [2.75, 3.05) is 38.6 Å². The number of ether oxygens (including phenoxy) is 1. The Morgan fingerprint density at radius 3 is 2.93 bits per heavy atom. The van der Waals surface area contributed by atoms with E-state index in [2.05, 4.69) is 39.6 Å². The van der Waals surface area contributed by atoms with E-state index in [0.29, 0.717) is 0 Å². The van der Waals surface area contributed by atoms with Gasteiger partial charge < -0.3 is 19.9 Å². The second-order valence-electron chi connectivity index (χ2n) is 7.53. The van der Waals surface area contributed by atoms with E-state index in [1.165, 1.54) is 30.8 Å². The molecule has 0 saturated carbocycles. The summed E-state index contributed by atoms with van der Waals surface area (Å²) in [5.74, 6) is 1.63. The molecule has 1 aromatic heterocycles. The molecule has 1 saturated heterocycles. The van der Waals surface area contributed by atoms with Gasteiger partial charge in [-0.2, -0.15) is 0 Å². The lowest BCUT2D eigenvalue weighted by atomic mass is 10.0. The van der Waals surface area contributed by atoms with Gasteiger partial charge in [-0.25, -0.2) is 0 Å². The molecule has 1 aliphatic rings. The number of para-hydroxylation sites is 2. The fourth-order valence-electron chi connectivity index (χ4n) is 3.76. The maximum absolute atomic E-state index is 5.78. The molecule has 1 N–H and O–H groups in total. The minimum atomic E-state index is 0.755. The lowest BCUT2D eigenvalue weighted by molar-refractivity contribution is 0.177. The number of anilines is 1. The molecular weight excluding hydrogens is 386 g/mol. The number of nitrogens with zero attached hydrogens (tertiary/aromatic N) is 2. The molecule has 4 nitrogen and oxygen atoms in total. The van der Waals surface area contributed by atoms with Gasteiger partial charge in [0.1, 0.15) is 5.75 Å². The van der Waals surface area contributed by atoms with Gasteiger partial charge in [0.25, 0.3) is 0 Å². The van der Waals surface area contributed by atoms with Crippen LogP contribution in [0.1, 0.15) is 31.1 Å². The second-order valence-corrected chi connectivity index (χ2v) is 8.95. The number of thiophene rings is 1. The largest absolute Gasteiger partial charge is 0.495 e. The van der Waals surface area contributed by atoms with Crippen molar-refractivity contribution in [1.82, 2.24) is 9.80 Å². The lowest BCUT2D eigenvalue weighted by Crippen LogP contribution is -2.39. The van der Waals surface area contributed by atoms with Gasteiger partial charge in [0, 0.05) is 18.0 Å². The summed E-state index contributed by atoms with van der Waals surface area (Å²) in [5.41, 5.74) is 0.913. The van der Waals surface area contributed by atoms with Crippen LogP contribution in [-0.4, -0.2) is 48.2 Å². The maximum Gasteiger partial charge on any atom is 0.173 e. The highest BCUT2D eigenvalue weighted by Crippen LogP contribution is 2.24. The maximum atomic E-state index is 5.78. The number of rotatable bonds is 8. The molecule has 0 spiro atoms. The van der Waals surface area contributed by atoms with E-state index >= 15 is 0 Å². The smallest absolute Gasteiger partial charge is 0.173 e. The zero-order valence-corrected chi connectivity index (χ0v) is 18.5. The summed E-state index contributed by atoms with van der Waals surface area (Å²) in [7, 11) is 1.69. The van der Waals surface area contributed by atoms with Gasteiger partial charge >= 0.3 is 0 Å². The van der Waals surface area contributed by atoms with Crippen LogP contribution in [0.2, 0.25) is 0 Å². The van der Waals surface area contributed by atoms with E-state index in [-0.39, 0.29) is 0 Å². The van der Waals surface area contributed by atoms with Crippen molar-refractivity contribution >= 4 is 34.4 Å². The van der Waals surface area contributed by atoms with Crippen LogP contribution in [0.3, 0.4) is 0 Å². The van der Waals surface area contributed by atoms with Crippen molar-refractivity contribution in [2.45, 2.75) is 32.7 Å². The van der Waals surface area contributed by atoms with E-state index in [4.69, 9.17) is 17.0 Å². The average Bonchev–Trinajstić information content (AvgIpc) is 3.21. The fourth-order valence-corrected chi connectivity index (χ4v) is 4.75. The SMILES string of the molecule is COc1ccccc1NC(=S)N(CCCN1CCCC(C)C1)Cc1cccs1. The molecule has 1 aliphatic heterocycles. The van der Waals surface area contributed by atoms with Crippen LogP contribution >= 0.6 is 23.6 Å². The zero-order valence-electron chi connectivity index (χ0n) is 16.9. The monoisotopic (exact) mass is 417 g/mol. The van der Waals surface area contributed by atoms with Crippen molar-refractivity contribution in [3.8, 4) is 5.75 Å². The molecule has 0 bridgehead atoms. The van der Waals surface area contributed by atoms with Gasteiger partial charge in [-0.15, -0.1) is 11.3 Å². The first kappa shape index (κ1) is 21.1. The Hall–Kier alpha value is -1.63. The molecule has 0 radical (unpaired) electrons. The van der Waals surface area contributed by atoms with E-state index in [9.17, 15) is 0 Å². The number of benzene rings is 1. The highest BCUT2D eigenvalue weighted by molar-refractivity contribution is 7.80. The molecular formula is C22H31N3OS2. The quantitative estimate of drug-likeness (QED) is 0.605. The number of likely N-dealkylation sites (tertiary alicyclic amines) is 1. The van der Waals surface area contributed by atoms with E-state index in [1.54, 1.807) is 18.4 Å². The van der Waals surface area contributed by atoms with Crippen LogP contribution in [0.25, 0.3) is 0 Å². The highest BCUT2D eigenvalue weighted by atomic mass is 32.1. The molecule has 6 heteroatoms. The third kappa shape index (κ3) is 6.19. The van der Waals surface area contributed by atoms with Crippen molar-refractivity contribution in [1.29, 1.82) is 0 Å². The number of hydrogen-bond acceptors (Lipinski definition) is 4. The molecule has 152 valence electrons. The number of hydrogen-bond donors (Lipinski definition) is 1.